The van der Waals surface area contributed by atoms with Crippen LogP contribution >= 0.6 is 0 Å². The number of amides is 1. The third-order valence-corrected chi connectivity index (χ3v) is 5.94. The zero-order chi connectivity index (χ0) is 16.7. The molecule has 2 bridgehead atoms. The second-order valence-electron chi connectivity index (χ2n) is 7.27. The van der Waals surface area contributed by atoms with Gasteiger partial charge in [-0.05, 0) is 5.92 Å². The number of nitrogens with zero attached hydrogens (tertiary/aromatic N) is 3. The average Bonchev–Trinajstić information content (AvgIpc) is 2.62. The van der Waals surface area contributed by atoms with Gasteiger partial charge in [-0.2, -0.15) is 0 Å². The summed E-state index contributed by atoms with van der Waals surface area (Å²) < 4.78 is 14.0. The molecule has 1 atom stereocenters. The van der Waals surface area contributed by atoms with Crippen LogP contribution in [0.1, 0.15) is 12.8 Å². The zero-order valence-corrected chi connectivity index (χ0v) is 13.9. The van der Waals surface area contributed by atoms with E-state index in [1.807, 2.05) is 9.80 Å². The van der Waals surface area contributed by atoms with E-state index in [0.29, 0.717) is 49.4 Å². The first kappa shape index (κ1) is 15.6. The standard InChI is InChI=1S/C17H24FN5O/c18-14-9-20-10-15(19)16(14)22-5-7-23(8-6-22)17(24)13-11-21-3-1-12(13)2-4-21/h9-10,12-13H,1-8,11,19H2/p+1. The number of fused-ring (bicyclic) bond motifs is 3. The predicted octanol–water partition coefficient (Wildman–Crippen LogP) is -0.624. The van der Waals surface area contributed by atoms with E-state index in [1.54, 1.807) is 4.90 Å². The molecular formula is C17H25FN5O+. The summed E-state index contributed by atoms with van der Waals surface area (Å²) >= 11 is 0. The normalized spacial score (nSPS) is 29.8. The molecule has 7 heteroatoms. The zero-order valence-electron chi connectivity index (χ0n) is 13.9. The fourth-order valence-electron chi connectivity index (χ4n) is 4.58. The first-order valence-corrected chi connectivity index (χ1v) is 8.90. The molecule has 130 valence electrons. The minimum absolute atomic E-state index is 0.191. The summed E-state index contributed by atoms with van der Waals surface area (Å²) in [5, 5.41) is 0. The van der Waals surface area contributed by atoms with Crippen LogP contribution in [0.3, 0.4) is 0 Å². The van der Waals surface area contributed by atoms with Crippen LogP contribution < -0.4 is 15.5 Å². The van der Waals surface area contributed by atoms with Gasteiger partial charge in [0.1, 0.15) is 0 Å². The lowest BCUT2D eigenvalue weighted by Gasteiger charge is -2.44. The number of piperidine rings is 3. The first-order chi connectivity index (χ1) is 11.6. The molecule has 4 aliphatic heterocycles. The fourth-order valence-corrected chi connectivity index (χ4v) is 4.58. The van der Waals surface area contributed by atoms with Crippen LogP contribution in [0.4, 0.5) is 15.8 Å². The number of halogens is 1. The molecule has 1 amide bonds. The highest BCUT2D eigenvalue weighted by molar-refractivity contribution is 5.80. The van der Waals surface area contributed by atoms with Gasteiger partial charge < -0.3 is 20.4 Å². The Bertz CT molecular complexity index is 603. The molecule has 4 aliphatic rings. The molecule has 0 radical (unpaired) electrons. The number of aromatic nitrogens is 1. The van der Waals surface area contributed by atoms with Crippen LogP contribution in [-0.2, 0) is 4.79 Å². The molecular weight excluding hydrogens is 309 g/mol. The molecule has 4 fully saturated rings. The van der Waals surface area contributed by atoms with Gasteiger partial charge in [0.2, 0.25) is 5.91 Å². The van der Waals surface area contributed by atoms with E-state index in [-0.39, 0.29) is 5.92 Å². The van der Waals surface area contributed by atoms with E-state index in [0.717, 1.165) is 6.54 Å². The van der Waals surface area contributed by atoms with Crippen molar-refractivity contribution in [3.8, 4) is 0 Å². The molecule has 24 heavy (non-hydrogen) atoms. The van der Waals surface area contributed by atoms with Gasteiger partial charge >= 0.3 is 0 Å². The van der Waals surface area contributed by atoms with Crippen molar-refractivity contribution in [2.24, 2.45) is 11.8 Å². The molecule has 1 unspecified atom stereocenters. The summed E-state index contributed by atoms with van der Waals surface area (Å²) in [4.78, 5) is 22.2. The van der Waals surface area contributed by atoms with Crippen molar-refractivity contribution in [1.82, 2.24) is 9.88 Å². The lowest BCUT2D eigenvalue weighted by Crippen LogP contribution is -3.16. The fraction of sp³-hybridized carbons (Fsp3) is 0.647. The molecule has 0 aliphatic carbocycles. The van der Waals surface area contributed by atoms with Crippen molar-refractivity contribution in [2.75, 3.05) is 56.4 Å². The SMILES string of the molecule is Nc1cncc(F)c1N1CCN(C(=O)C2C[NH+]3CCC2CC3)CC1. The van der Waals surface area contributed by atoms with Gasteiger partial charge in [0.25, 0.3) is 0 Å². The van der Waals surface area contributed by atoms with Crippen molar-refractivity contribution in [3.05, 3.63) is 18.2 Å². The summed E-state index contributed by atoms with van der Waals surface area (Å²) in [7, 11) is 0. The second-order valence-corrected chi connectivity index (χ2v) is 7.27. The minimum atomic E-state index is -0.393. The highest BCUT2D eigenvalue weighted by Crippen LogP contribution is 2.29. The van der Waals surface area contributed by atoms with Gasteiger partial charge in [-0.1, -0.05) is 0 Å². The third kappa shape index (κ3) is 2.70. The monoisotopic (exact) mass is 334 g/mol. The molecule has 5 heterocycles. The smallest absolute Gasteiger partial charge is 0.231 e. The number of hydrogen-bond acceptors (Lipinski definition) is 4. The highest BCUT2D eigenvalue weighted by atomic mass is 19.1. The quantitative estimate of drug-likeness (QED) is 0.756. The molecule has 0 saturated carbocycles. The van der Waals surface area contributed by atoms with E-state index in [4.69, 9.17) is 5.73 Å². The summed E-state index contributed by atoms with van der Waals surface area (Å²) in [6.45, 7) is 5.95. The van der Waals surface area contributed by atoms with E-state index >= 15 is 0 Å². The summed E-state index contributed by atoms with van der Waals surface area (Å²) in [5.41, 5.74) is 6.66. The molecule has 4 saturated heterocycles. The highest BCUT2D eigenvalue weighted by Gasteiger charge is 2.43. The largest absolute Gasteiger partial charge is 0.396 e. The van der Waals surface area contributed by atoms with E-state index in [2.05, 4.69) is 4.98 Å². The lowest BCUT2D eigenvalue weighted by molar-refractivity contribution is -0.919. The maximum atomic E-state index is 14.0. The number of nitrogens with two attached hydrogens (primary N) is 1. The van der Waals surface area contributed by atoms with Gasteiger partial charge in [0.05, 0.1) is 49.3 Å². The van der Waals surface area contributed by atoms with E-state index < -0.39 is 5.82 Å². The van der Waals surface area contributed by atoms with Crippen molar-refractivity contribution >= 4 is 17.3 Å². The van der Waals surface area contributed by atoms with Crippen LogP contribution in [0.15, 0.2) is 12.4 Å². The Morgan fingerprint density at radius 2 is 1.92 bits per heavy atom. The molecule has 1 aromatic rings. The molecule has 1 aromatic heterocycles. The predicted molar refractivity (Wildman–Crippen MR) is 89.2 cm³/mol. The van der Waals surface area contributed by atoms with Gasteiger partial charge in [-0.25, -0.2) is 4.39 Å². The molecule has 0 aromatic carbocycles. The number of nitrogens with one attached hydrogen (secondary N) is 1. The Morgan fingerprint density at radius 3 is 2.50 bits per heavy atom. The van der Waals surface area contributed by atoms with Crippen molar-refractivity contribution < 1.29 is 14.1 Å². The minimum Gasteiger partial charge on any atom is -0.396 e. The number of rotatable bonds is 2. The van der Waals surface area contributed by atoms with Crippen LogP contribution in [0, 0.1) is 17.7 Å². The average molecular weight is 334 g/mol. The number of quaternary nitrogens is 1. The first-order valence-electron chi connectivity index (χ1n) is 8.90. The van der Waals surface area contributed by atoms with Crippen LogP contribution in [0.5, 0.6) is 0 Å². The molecule has 6 nitrogen and oxygen atoms in total. The lowest BCUT2D eigenvalue weighted by atomic mass is 9.78. The number of piperazine rings is 1. The third-order valence-electron chi connectivity index (χ3n) is 5.94. The van der Waals surface area contributed by atoms with Gasteiger partial charge in [0.15, 0.2) is 5.82 Å². The summed E-state index contributed by atoms with van der Waals surface area (Å²) in [6.07, 6.45) is 5.04. The maximum Gasteiger partial charge on any atom is 0.231 e. The van der Waals surface area contributed by atoms with Crippen molar-refractivity contribution in [1.29, 1.82) is 0 Å². The topological polar surface area (TPSA) is 66.9 Å². The maximum absolute atomic E-state index is 14.0. The van der Waals surface area contributed by atoms with Gasteiger partial charge in [-0.15, -0.1) is 0 Å². The Labute approximate surface area is 141 Å². The van der Waals surface area contributed by atoms with E-state index in [9.17, 15) is 9.18 Å². The number of pyridine rings is 1. The Kier molecular flexibility index (Phi) is 4.04. The number of carbonyl (C=O) groups excluding carboxylic acids is 1. The molecule has 3 N–H and O–H groups in total. The number of nitrogen functional groups attached to an aromatic ring is 1. The van der Waals surface area contributed by atoms with Crippen LogP contribution in [0.2, 0.25) is 0 Å². The number of carbonyl (C=O) groups is 1. The number of hydrogen-bond donors (Lipinski definition) is 2. The van der Waals surface area contributed by atoms with Gasteiger partial charge in [0, 0.05) is 39.0 Å². The van der Waals surface area contributed by atoms with Crippen molar-refractivity contribution in [3.63, 3.8) is 0 Å². The Balaban J connectivity index is 1.40. The molecule has 0 spiro atoms. The summed E-state index contributed by atoms with van der Waals surface area (Å²) in [5.74, 6) is 0.675. The van der Waals surface area contributed by atoms with Crippen LogP contribution in [0.25, 0.3) is 0 Å². The van der Waals surface area contributed by atoms with E-state index in [1.165, 1.54) is 38.3 Å². The Hall–Kier alpha value is -1.89. The summed E-state index contributed by atoms with van der Waals surface area (Å²) in [6, 6.07) is 0. The van der Waals surface area contributed by atoms with Crippen molar-refractivity contribution in [2.45, 2.75) is 12.8 Å². The van der Waals surface area contributed by atoms with Gasteiger partial charge in [-0.3, -0.25) is 9.78 Å². The Morgan fingerprint density at radius 1 is 1.21 bits per heavy atom. The molecule has 5 rings (SSSR count). The van der Waals surface area contributed by atoms with Crippen LogP contribution in [-0.4, -0.2) is 61.6 Å². The second kappa shape index (κ2) is 6.20. The number of anilines is 2.